The van der Waals surface area contributed by atoms with Gasteiger partial charge >= 0.3 is 5.97 Å². The number of carbonyl (C=O) groups is 1. The fraction of sp³-hybridized carbons (Fsp3) is 0.286. The van der Waals surface area contributed by atoms with E-state index >= 15 is 0 Å². The molecule has 6 nitrogen and oxygen atoms in total. The molecule has 0 aliphatic rings. The van der Waals surface area contributed by atoms with Gasteiger partial charge in [0, 0.05) is 7.05 Å². The third kappa shape index (κ3) is 2.90. The third-order valence-electron chi connectivity index (χ3n) is 2.91. The average molecular weight is 275 g/mol. The van der Waals surface area contributed by atoms with Crippen molar-refractivity contribution in [2.24, 2.45) is 7.05 Å². The Hall–Kier alpha value is -2.50. The fourth-order valence-electron chi connectivity index (χ4n) is 1.86. The highest BCUT2D eigenvalue weighted by molar-refractivity contribution is 5.90. The lowest BCUT2D eigenvalue weighted by Crippen LogP contribution is -2.06. The van der Waals surface area contributed by atoms with Gasteiger partial charge in [0.25, 0.3) is 0 Å². The van der Waals surface area contributed by atoms with Crippen LogP contribution in [0.5, 0.6) is 5.75 Å². The number of rotatable bonds is 4. The van der Waals surface area contributed by atoms with Crippen LogP contribution in [0.1, 0.15) is 21.7 Å². The Morgan fingerprint density at radius 2 is 2.15 bits per heavy atom. The molecule has 0 unspecified atom stereocenters. The maximum Gasteiger partial charge on any atom is 0.337 e. The van der Waals surface area contributed by atoms with Gasteiger partial charge in [-0.05, 0) is 31.2 Å². The van der Waals surface area contributed by atoms with Crippen molar-refractivity contribution in [2.75, 3.05) is 12.8 Å². The lowest BCUT2D eigenvalue weighted by atomic mass is 10.2. The van der Waals surface area contributed by atoms with Crippen LogP contribution < -0.4 is 10.5 Å². The van der Waals surface area contributed by atoms with Crippen LogP contribution in [0.15, 0.2) is 24.3 Å². The van der Waals surface area contributed by atoms with Crippen molar-refractivity contribution in [3.63, 3.8) is 0 Å². The molecule has 0 spiro atoms. The molecule has 0 bridgehead atoms. The molecule has 2 N–H and O–H groups in total. The van der Waals surface area contributed by atoms with E-state index in [1.807, 2.05) is 20.0 Å². The van der Waals surface area contributed by atoms with Gasteiger partial charge in [-0.2, -0.15) is 5.10 Å². The van der Waals surface area contributed by atoms with Gasteiger partial charge in [0.1, 0.15) is 12.4 Å². The summed E-state index contributed by atoms with van der Waals surface area (Å²) in [6, 6.07) is 6.73. The third-order valence-corrected chi connectivity index (χ3v) is 2.91. The number of ether oxygens (including phenoxy) is 2. The Labute approximate surface area is 117 Å². The summed E-state index contributed by atoms with van der Waals surface area (Å²) in [5.74, 6) is 0.0259. The summed E-state index contributed by atoms with van der Waals surface area (Å²) in [6.07, 6.45) is 0. The van der Waals surface area contributed by atoms with Gasteiger partial charge in [0.05, 0.1) is 29.7 Å². The summed E-state index contributed by atoms with van der Waals surface area (Å²) in [6.45, 7) is 2.24. The van der Waals surface area contributed by atoms with Crippen molar-refractivity contribution in [3.8, 4) is 5.75 Å². The number of nitrogens with zero attached hydrogens (tertiary/aromatic N) is 2. The minimum absolute atomic E-state index is 0.326. The molecule has 20 heavy (non-hydrogen) atoms. The molecule has 0 amide bonds. The minimum atomic E-state index is -0.425. The first-order valence-corrected chi connectivity index (χ1v) is 6.11. The average Bonchev–Trinajstić information content (AvgIpc) is 2.75. The number of benzene rings is 1. The maximum absolute atomic E-state index is 11.5. The number of nitrogen functional groups attached to an aromatic ring is 1. The van der Waals surface area contributed by atoms with Gasteiger partial charge in [-0.1, -0.05) is 0 Å². The predicted octanol–water partition coefficient (Wildman–Crippen LogP) is 1.68. The number of methoxy groups -OCH3 is 1. The molecule has 1 aromatic heterocycles. The Bertz CT molecular complexity index is 635. The number of esters is 1. The summed E-state index contributed by atoms with van der Waals surface area (Å²) in [5.41, 5.74) is 8.55. The zero-order valence-electron chi connectivity index (χ0n) is 11.7. The van der Waals surface area contributed by atoms with Crippen LogP contribution in [0, 0.1) is 6.92 Å². The van der Waals surface area contributed by atoms with E-state index in [9.17, 15) is 4.79 Å². The Balaban J connectivity index is 2.16. The molecule has 0 fully saturated rings. The molecule has 2 aromatic rings. The summed E-state index contributed by atoms with van der Waals surface area (Å²) < 4.78 is 12.1. The molecular weight excluding hydrogens is 258 g/mol. The Morgan fingerprint density at radius 1 is 1.40 bits per heavy atom. The molecule has 0 atom stereocenters. The van der Waals surface area contributed by atoms with Gasteiger partial charge in [0.2, 0.25) is 0 Å². The van der Waals surface area contributed by atoms with Crippen molar-refractivity contribution in [1.29, 1.82) is 0 Å². The second-order valence-corrected chi connectivity index (χ2v) is 4.43. The molecule has 6 heteroatoms. The maximum atomic E-state index is 11.5. The first-order chi connectivity index (χ1) is 9.51. The van der Waals surface area contributed by atoms with Crippen molar-refractivity contribution in [1.82, 2.24) is 9.78 Å². The minimum Gasteiger partial charge on any atom is -0.485 e. The number of anilines is 1. The number of hydrogen-bond acceptors (Lipinski definition) is 5. The van der Waals surface area contributed by atoms with E-state index in [-0.39, 0.29) is 0 Å². The molecule has 0 saturated carbocycles. The lowest BCUT2D eigenvalue weighted by Gasteiger charge is -2.10. The van der Waals surface area contributed by atoms with Crippen LogP contribution in [0.4, 0.5) is 5.69 Å². The molecule has 1 heterocycles. The first-order valence-electron chi connectivity index (χ1n) is 6.11. The standard InChI is InChI=1S/C14H17N3O3/c1-9-6-11(17(2)16-9)8-20-13-7-10(14(18)19-3)4-5-12(13)15/h4-7H,8,15H2,1-3H3. The number of aryl methyl sites for hydroxylation is 2. The fourth-order valence-corrected chi connectivity index (χ4v) is 1.86. The van der Waals surface area contributed by atoms with Crippen molar-refractivity contribution in [2.45, 2.75) is 13.5 Å². The van der Waals surface area contributed by atoms with E-state index in [1.165, 1.54) is 7.11 Å². The van der Waals surface area contributed by atoms with E-state index < -0.39 is 5.97 Å². The topological polar surface area (TPSA) is 79.4 Å². The lowest BCUT2D eigenvalue weighted by molar-refractivity contribution is 0.0600. The zero-order chi connectivity index (χ0) is 14.7. The number of nitrogens with two attached hydrogens (primary N) is 1. The number of aromatic nitrogens is 2. The van der Waals surface area contributed by atoms with Crippen LogP contribution >= 0.6 is 0 Å². The van der Waals surface area contributed by atoms with Gasteiger partial charge in [-0.25, -0.2) is 4.79 Å². The second kappa shape index (κ2) is 5.64. The normalized spacial score (nSPS) is 10.3. The predicted molar refractivity (Wildman–Crippen MR) is 74.5 cm³/mol. The van der Waals surface area contributed by atoms with Crippen LogP contribution in [-0.2, 0) is 18.4 Å². The van der Waals surface area contributed by atoms with E-state index in [4.69, 9.17) is 10.5 Å². The largest absolute Gasteiger partial charge is 0.485 e. The Kier molecular flexibility index (Phi) is 3.93. The van der Waals surface area contributed by atoms with Gasteiger partial charge in [-0.3, -0.25) is 4.68 Å². The van der Waals surface area contributed by atoms with E-state index in [1.54, 1.807) is 22.9 Å². The molecule has 0 aliphatic heterocycles. The molecule has 0 aliphatic carbocycles. The number of hydrogen-bond donors (Lipinski definition) is 1. The monoisotopic (exact) mass is 275 g/mol. The zero-order valence-corrected chi connectivity index (χ0v) is 11.7. The first kappa shape index (κ1) is 13.9. The smallest absolute Gasteiger partial charge is 0.337 e. The summed E-state index contributed by atoms with van der Waals surface area (Å²) >= 11 is 0. The van der Waals surface area contributed by atoms with Crippen LogP contribution in [0.25, 0.3) is 0 Å². The van der Waals surface area contributed by atoms with Crippen LogP contribution in [-0.4, -0.2) is 22.9 Å². The molecular formula is C14H17N3O3. The van der Waals surface area contributed by atoms with Crippen LogP contribution in [0.2, 0.25) is 0 Å². The van der Waals surface area contributed by atoms with Crippen molar-refractivity contribution in [3.05, 3.63) is 41.2 Å². The van der Waals surface area contributed by atoms with Crippen molar-refractivity contribution < 1.29 is 14.3 Å². The van der Waals surface area contributed by atoms with Gasteiger partial charge in [0.15, 0.2) is 0 Å². The van der Waals surface area contributed by atoms with E-state index in [0.717, 1.165) is 11.4 Å². The molecule has 2 rings (SSSR count). The molecule has 106 valence electrons. The summed E-state index contributed by atoms with van der Waals surface area (Å²) in [4.78, 5) is 11.5. The molecule has 1 aromatic carbocycles. The second-order valence-electron chi connectivity index (χ2n) is 4.43. The SMILES string of the molecule is COC(=O)c1ccc(N)c(OCc2cc(C)nn2C)c1. The highest BCUT2D eigenvalue weighted by Gasteiger charge is 2.10. The highest BCUT2D eigenvalue weighted by atomic mass is 16.5. The van der Waals surface area contributed by atoms with Crippen molar-refractivity contribution >= 4 is 11.7 Å². The quantitative estimate of drug-likeness (QED) is 0.678. The number of carbonyl (C=O) groups excluding carboxylic acids is 1. The highest BCUT2D eigenvalue weighted by Crippen LogP contribution is 2.24. The Morgan fingerprint density at radius 3 is 2.75 bits per heavy atom. The summed E-state index contributed by atoms with van der Waals surface area (Å²) in [5, 5.41) is 4.24. The van der Waals surface area contributed by atoms with E-state index in [2.05, 4.69) is 9.84 Å². The van der Waals surface area contributed by atoms with Gasteiger partial charge in [-0.15, -0.1) is 0 Å². The van der Waals surface area contributed by atoms with Crippen LogP contribution in [0.3, 0.4) is 0 Å². The summed E-state index contributed by atoms with van der Waals surface area (Å²) in [7, 11) is 3.18. The van der Waals surface area contributed by atoms with Gasteiger partial charge < -0.3 is 15.2 Å². The molecule has 0 saturated heterocycles. The van der Waals surface area contributed by atoms with E-state index in [0.29, 0.717) is 23.6 Å². The molecule has 0 radical (unpaired) electrons.